The third-order valence-corrected chi connectivity index (χ3v) is 7.34. The Balaban J connectivity index is 3.77. The fourth-order valence-corrected chi connectivity index (χ4v) is 1.33. The molecule has 1 nitrogen and oxygen atoms in total. The Morgan fingerprint density at radius 2 is 1.69 bits per heavy atom. The lowest BCUT2D eigenvalue weighted by Crippen LogP contribution is -2.38. The molecule has 0 N–H and O–H groups in total. The Kier molecular flexibility index (Phi) is 5.23. The molecule has 0 amide bonds. The first-order valence-corrected chi connectivity index (χ1v) is 8.89. The molecule has 0 saturated carbocycles. The Morgan fingerprint density at radius 3 is 2.08 bits per heavy atom. The maximum atomic E-state index is 5.70. The molecule has 80 valence electrons. The van der Waals surface area contributed by atoms with Crippen molar-refractivity contribution in [3.63, 3.8) is 0 Å². The van der Waals surface area contributed by atoms with Crippen molar-refractivity contribution in [3.05, 3.63) is 0 Å². The molecule has 0 aliphatic heterocycles. The minimum atomic E-state index is -1.07. The highest BCUT2D eigenvalue weighted by atomic mass is 28.3. The van der Waals surface area contributed by atoms with E-state index in [1.807, 2.05) is 0 Å². The second kappa shape index (κ2) is 5.16. The van der Waals surface area contributed by atoms with Crippen molar-refractivity contribution >= 4 is 8.07 Å². The van der Waals surface area contributed by atoms with Crippen LogP contribution in [0.5, 0.6) is 0 Å². The van der Waals surface area contributed by atoms with E-state index in [4.69, 9.17) is 4.74 Å². The van der Waals surface area contributed by atoms with E-state index in [-0.39, 0.29) is 0 Å². The van der Waals surface area contributed by atoms with Gasteiger partial charge in [0.1, 0.15) is 0 Å². The minimum Gasteiger partial charge on any atom is -0.381 e. The lowest BCUT2D eigenvalue weighted by molar-refractivity contribution is 0.110. The SMILES string of the molecule is CCCCOCC(C)(C)[Si](C)(C)C. The fraction of sp³-hybridized carbons (Fsp3) is 1.00. The maximum Gasteiger partial charge on any atom is 0.0527 e. The Bertz CT molecular complexity index is 136. The summed E-state index contributed by atoms with van der Waals surface area (Å²) < 4.78 is 5.70. The summed E-state index contributed by atoms with van der Waals surface area (Å²) in [6.07, 6.45) is 2.43. The Labute approximate surface area is 84.9 Å². The van der Waals surface area contributed by atoms with Gasteiger partial charge in [0.25, 0.3) is 0 Å². The molecular weight excluding hydrogens is 176 g/mol. The molecule has 0 atom stereocenters. The van der Waals surface area contributed by atoms with E-state index in [1.165, 1.54) is 12.8 Å². The number of hydrogen-bond acceptors (Lipinski definition) is 1. The third kappa shape index (κ3) is 4.82. The van der Waals surface area contributed by atoms with Gasteiger partial charge in [-0.15, -0.1) is 0 Å². The monoisotopic (exact) mass is 202 g/mol. The maximum absolute atomic E-state index is 5.70. The minimum absolute atomic E-state index is 0.404. The molecule has 0 aliphatic carbocycles. The molecular formula is C11H26OSi. The van der Waals surface area contributed by atoms with E-state index < -0.39 is 8.07 Å². The molecule has 0 unspecified atom stereocenters. The van der Waals surface area contributed by atoms with Gasteiger partial charge in [-0.05, 0) is 11.5 Å². The van der Waals surface area contributed by atoms with Gasteiger partial charge in [-0.1, -0.05) is 46.8 Å². The smallest absolute Gasteiger partial charge is 0.0527 e. The standard InChI is InChI=1S/C11H26OSi/c1-7-8-9-12-10-11(2,3)13(4,5)6/h7-10H2,1-6H3. The molecule has 0 aliphatic rings. The summed E-state index contributed by atoms with van der Waals surface area (Å²) in [6, 6.07) is 0. The molecule has 0 heterocycles. The molecule has 0 fully saturated rings. The summed E-state index contributed by atoms with van der Waals surface area (Å²) in [5.41, 5.74) is 0. The van der Waals surface area contributed by atoms with Gasteiger partial charge in [-0.25, -0.2) is 0 Å². The molecule has 0 aromatic carbocycles. The van der Waals surface area contributed by atoms with Crippen LogP contribution in [0.2, 0.25) is 24.7 Å². The average Bonchev–Trinajstić information content (AvgIpc) is 1.96. The summed E-state index contributed by atoms with van der Waals surface area (Å²) in [6.45, 7) is 16.0. The van der Waals surface area contributed by atoms with Crippen LogP contribution >= 0.6 is 0 Å². The summed E-state index contributed by atoms with van der Waals surface area (Å²) in [4.78, 5) is 0. The van der Waals surface area contributed by atoms with Gasteiger partial charge >= 0.3 is 0 Å². The van der Waals surface area contributed by atoms with Crippen molar-refractivity contribution in [1.82, 2.24) is 0 Å². The van der Waals surface area contributed by atoms with E-state index >= 15 is 0 Å². The predicted molar refractivity (Wildman–Crippen MR) is 63.1 cm³/mol. The van der Waals surface area contributed by atoms with Crippen molar-refractivity contribution in [2.75, 3.05) is 13.2 Å². The number of hydrogen-bond donors (Lipinski definition) is 0. The Morgan fingerprint density at radius 1 is 1.15 bits per heavy atom. The van der Waals surface area contributed by atoms with Gasteiger partial charge in [-0.2, -0.15) is 0 Å². The van der Waals surface area contributed by atoms with Crippen LogP contribution in [0.4, 0.5) is 0 Å². The first-order valence-electron chi connectivity index (χ1n) is 5.39. The quantitative estimate of drug-likeness (QED) is 0.468. The predicted octanol–water partition coefficient (Wildman–Crippen LogP) is 3.92. The van der Waals surface area contributed by atoms with E-state index in [1.54, 1.807) is 0 Å². The molecule has 0 bridgehead atoms. The normalized spacial score (nSPS) is 13.4. The van der Waals surface area contributed by atoms with Gasteiger partial charge in [0, 0.05) is 13.2 Å². The van der Waals surface area contributed by atoms with Crippen LogP contribution in [0.1, 0.15) is 33.6 Å². The largest absolute Gasteiger partial charge is 0.381 e. The van der Waals surface area contributed by atoms with Crippen molar-refractivity contribution in [3.8, 4) is 0 Å². The van der Waals surface area contributed by atoms with Crippen molar-refractivity contribution in [2.24, 2.45) is 0 Å². The van der Waals surface area contributed by atoms with Gasteiger partial charge in [0.2, 0.25) is 0 Å². The molecule has 0 radical (unpaired) electrons. The van der Waals surface area contributed by atoms with Crippen LogP contribution in [0.15, 0.2) is 0 Å². The van der Waals surface area contributed by atoms with Crippen molar-refractivity contribution in [1.29, 1.82) is 0 Å². The molecule has 13 heavy (non-hydrogen) atoms. The zero-order valence-corrected chi connectivity index (χ0v) is 11.2. The summed E-state index contributed by atoms with van der Waals surface area (Å²) in [5.74, 6) is 0. The van der Waals surface area contributed by atoms with Crippen LogP contribution in [-0.4, -0.2) is 21.3 Å². The van der Waals surface area contributed by atoms with Crippen LogP contribution in [0.3, 0.4) is 0 Å². The fourth-order valence-electron chi connectivity index (χ4n) is 0.790. The van der Waals surface area contributed by atoms with Gasteiger partial charge in [-0.3, -0.25) is 0 Å². The molecule has 0 aromatic rings. The zero-order chi connectivity index (χ0) is 10.5. The van der Waals surface area contributed by atoms with Gasteiger partial charge in [0.15, 0.2) is 0 Å². The third-order valence-electron chi connectivity index (χ3n) is 3.14. The van der Waals surface area contributed by atoms with Crippen LogP contribution < -0.4 is 0 Å². The molecule has 0 aromatic heterocycles. The number of ether oxygens (including phenoxy) is 1. The molecule has 2 heteroatoms. The molecule has 0 saturated heterocycles. The lowest BCUT2D eigenvalue weighted by Gasteiger charge is -2.36. The Hall–Kier alpha value is 0.177. The first kappa shape index (κ1) is 13.2. The summed E-state index contributed by atoms with van der Waals surface area (Å²) >= 11 is 0. The van der Waals surface area contributed by atoms with Crippen LogP contribution in [0, 0.1) is 0 Å². The second-order valence-electron chi connectivity index (χ2n) is 5.54. The highest BCUT2D eigenvalue weighted by molar-refractivity contribution is 6.79. The van der Waals surface area contributed by atoms with Gasteiger partial charge < -0.3 is 4.74 Å². The summed E-state index contributed by atoms with van der Waals surface area (Å²) in [7, 11) is -1.07. The second-order valence-corrected chi connectivity index (χ2v) is 11.4. The highest BCUT2D eigenvalue weighted by Gasteiger charge is 2.34. The van der Waals surface area contributed by atoms with E-state index in [2.05, 4.69) is 40.4 Å². The van der Waals surface area contributed by atoms with Crippen molar-refractivity contribution < 1.29 is 4.74 Å². The van der Waals surface area contributed by atoms with Gasteiger partial charge in [0.05, 0.1) is 8.07 Å². The van der Waals surface area contributed by atoms with Crippen LogP contribution in [0.25, 0.3) is 0 Å². The average molecular weight is 202 g/mol. The number of unbranched alkanes of at least 4 members (excludes halogenated alkanes) is 1. The zero-order valence-electron chi connectivity index (χ0n) is 10.2. The van der Waals surface area contributed by atoms with Crippen LogP contribution in [-0.2, 0) is 4.74 Å². The van der Waals surface area contributed by atoms with Crippen molar-refractivity contribution in [2.45, 2.75) is 58.3 Å². The molecule has 0 rings (SSSR count). The topological polar surface area (TPSA) is 9.23 Å². The summed E-state index contributed by atoms with van der Waals surface area (Å²) in [5, 5.41) is 0.404. The number of rotatable bonds is 6. The van der Waals surface area contributed by atoms with E-state index in [0.717, 1.165) is 13.2 Å². The molecule has 0 spiro atoms. The van der Waals surface area contributed by atoms with E-state index in [9.17, 15) is 0 Å². The van der Waals surface area contributed by atoms with E-state index in [0.29, 0.717) is 5.04 Å². The first-order chi connectivity index (χ1) is 5.81. The highest BCUT2D eigenvalue weighted by Crippen LogP contribution is 2.36. The lowest BCUT2D eigenvalue weighted by atomic mass is 10.2.